The lowest BCUT2D eigenvalue weighted by molar-refractivity contribution is 0.581. The van der Waals surface area contributed by atoms with Gasteiger partial charge in [-0.15, -0.1) is 11.8 Å². The summed E-state index contributed by atoms with van der Waals surface area (Å²) >= 11 is 1.79. The molecular weight excluding hydrogens is 342 g/mol. The minimum Gasteiger partial charge on any atom is -0.357 e. The van der Waals surface area contributed by atoms with Gasteiger partial charge in [-0.2, -0.15) is 0 Å². The van der Waals surface area contributed by atoms with E-state index in [-0.39, 0.29) is 11.8 Å². The van der Waals surface area contributed by atoms with Crippen molar-refractivity contribution in [2.75, 3.05) is 25.1 Å². The second-order valence-electron chi connectivity index (χ2n) is 5.93. The second kappa shape index (κ2) is 10.6. The monoisotopic (exact) mass is 371 g/mol. The van der Waals surface area contributed by atoms with Crippen molar-refractivity contribution in [2.24, 2.45) is 4.99 Å². The van der Waals surface area contributed by atoms with E-state index in [1.54, 1.807) is 11.8 Å². The van der Waals surface area contributed by atoms with Crippen LogP contribution in [0.3, 0.4) is 0 Å². The summed E-state index contributed by atoms with van der Waals surface area (Å²) in [7, 11) is -2.93. The molecule has 0 aliphatic heterocycles. The van der Waals surface area contributed by atoms with Gasteiger partial charge in [-0.3, -0.25) is 4.99 Å². The van der Waals surface area contributed by atoms with Gasteiger partial charge in [0.2, 0.25) is 0 Å². The second-order valence-corrected chi connectivity index (χ2v) is 9.70. The van der Waals surface area contributed by atoms with Crippen LogP contribution in [0.4, 0.5) is 0 Å². The molecule has 0 spiro atoms. The predicted octanol–water partition coefficient (Wildman–Crippen LogP) is 2.55. The van der Waals surface area contributed by atoms with Gasteiger partial charge in [-0.25, -0.2) is 8.42 Å². The molecule has 0 aromatic heterocycles. The summed E-state index contributed by atoms with van der Waals surface area (Å²) in [6.07, 6.45) is 1.83. The first-order chi connectivity index (χ1) is 11.3. The minimum absolute atomic E-state index is 0.0506. The summed E-state index contributed by atoms with van der Waals surface area (Å²) in [6.45, 7) is 7.59. The Labute approximate surface area is 150 Å². The standard InChI is InChI=1S/C17H29N3O2S2/c1-5-18-17(20-14(2)11-12-24(4,21)22)19-13-15(3)23-16-9-7-6-8-10-16/h6-10,14-15H,5,11-13H2,1-4H3,(H2,18,19,20). The highest BCUT2D eigenvalue weighted by molar-refractivity contribution is 8.00. The van der Waals surface area contributed by atoms with Gasteiger partial charge in [0.05, 0.1) is 12.3 Å². The number of aliphatic imine (C=N–C) groups is 1. The SMILES string of the molecule is CCNC(=NCC(C)Sc1ccccc1)NC(C)CCS(C)(=O)=O. The third-order valence-corrected chi connectivity index (χ3v) is 5.31. The first-order valence-electron chi connectivity index (χ1n) is 8.24. The quantitative estimate of drug-likeness (QED) is 0.397. The highest BCUT2D eigenvalue weighted by Crippen LogP contribution is 2.22. The van der Waals surface area contributed by atoms with Crippen LogP contribution in [0.5, 0.6) is 0 Å². The van der Waals surface area contributed by atoms with Crippen molar-refractivity contribution in [3.05, 3.63) is 30.3 Å². The maximum Gasteiger partial charge on any atom is 0.191 e. The number of benzene rings is 1. The average Bonchev–Trinajstić information content (AvgIpc) is 2.51. The number of hydrogen-bond acceptors (Lipinski definition) is 4. The van der Waals surface area contributed by atoms with Crippen LogP contribution in [0.25, 0.3) is 0 Å². The van der Waals surface area contributed by atoms with Gasteiger partial charge in [0.15, 0.2) is 5.96 Å². The lowest BCUT2D eigenvalue weighted by atomic mass is 10.3. The lowest BCUT2D eigenvalue weighted by Crippen LogP contribution is -2.43. The van der Waals surface area contributed by atoms with E-state index in [0.29, 0.717) is 18.2 Å². The van der Waals surface area contributed by atoms with E-state index >= 15 is 0 Å². The Morgan fingerprint density at radius 3 is 2.50 bits per heavy atom. The third-order valence-electron chi connectivity index (χ3n) is 3.24. The third kappa shape index (κ3) is 9.82. The first kappa shape index (κ1) is 20.8. The topological polar surface area (TPSA) is 70.6 Å². The molecule has 1 rings (SSSR count). The molecular formula is C17H29N3O2S2. The number of nitrogens with zero attached hydrogens (tertiary/aromatic N) is 1. The van der Waals surface area contributed by atoms with Crippen molar-refractivity contribution in [2.45, 2.75) is 43.4 Å². The van der Waals surface area contributed by atoms with E-state index in [4.69, 9.17) is 0 Å². The maximum atomic E-state index is 11.3. The van der Waals surface area contributed by atoms with Crippen molar-refractivity contribution in [1.29, 1.82) is 0 Å². The Hall–Kier alpha value is -1.21. The van der Waals surface area contributed by atoms with Crippen LogP contribution in [0.15, 0.2) is 40.2 Å². The molecule has 0 bridgehead atoms. The molecule has 7 heteroatoms. The number of hydrogen-bond donors (Lipinski definition) is 2. The fraction of sp³-hybridized carbons (Fsp3) is 0.588. The Bertz CT molecular complexity index is 604. The normalized spacial score (nSPS) is 14.9. The first-order valence-corrected chi connectivity index (χ1v) is 11.2. The summed E-state index contributed by atoms with van der Waals surface area (Å²) < 4.78 is 22.5. The maximum absolute atomic E-state index is 11.3. The van der Waals surface area contributed by atoms with Crippen LogP contribution in [0.1, 0.15) is 27.2 Å². The van der Waals surface area contributed by atoms with E-state index in [2.05, 4.69) is 34.7 Å². The molecule has 0 heterocycles. The fourth-order valence-corrected chi connectivity index (χ4v) is 3.71. The van der Waals surface area contributed by atoms with Gasteiger partial charge < -0.3 is 10.6 Å². The van der Waals surface area contributed by atoms with Crippen LogP contribution in [-0.4, -0.2) is 50.8 Å². The van der Waals surface area contributed by atoms with Crippen molar-refractivity contribution >= 4 is 27.6 Å². The van der Waals surface area contributed by atoms with Gasteiger partial charge in [0.25, 0.3) is 0 Å². The molecule has 24 heavy (non-hydrogen) atoms. The molecule has 0 aliphatic rings. The molecule has 1 aromatic carbocycles. The molecule has 136 valence electrons. The number of sulfone groups is 1. The minimum atomic E-state index is -2.93. The summed E-state index contributed by atoms with van der Waals surface area (Å²) in [6, 6.07) is 10.3. The molecule has 0 saturated carbocycles. The number of nitrogens with one attached hydrogen (secondary N) is 2. The predicted molar refractivity (Wildman–Crippen MR) is 105 cm³/mol. The van der Waals surface area contributed by atoms with Crippen LogP contribution >= 0.6 is 11.8 Å². The lowest BCUT2D eigenvalue weighted by Gasteiger charge is -2.18. The zero-order valence-electron chi connectivity index (χ0n) is 15.0. The summed E-state index contributed by atoms with van der Waals surface area (Å²) in [5.74, 6) is 0.917. The molecule has 0 saturated heterocycles. The van der Waals surface area contributed by atoms with Gasteiger partial charge in [-0.05, 0) is 32.4 Å². The van der Waals surface area contributed by atoms with Crippen molar-refractivity contribution in [3.8, 4) is 0 Å². The van der Waals surface area contributed by atoms with E-state index in [9.17, 15) is 8.42 Å². The molecule has 0 aliphatic carbocycles. The Morgan fingerprint density at radius 2 is 1.92 bits per heavy atom. The van der Waals surface area contributed by atoms with Gasteiger partial charge >= 0.3 is 0 Å². The smallest absolute Gasteiger partial charge is 0.191 e. The van der Waals surface area contributed by atoms with Crippen LogP contribution in [0.2, 0.25) is 0 Å². The highest BCUT2D eigenvalue weighted by atomic mass is 32.2. The molecule has 2 N–H and O–H groups in total. The molecule has 5 nitrogen and oxygen atoms in total. The molecule has 2 unspecified atom stereocenters. The molecule has 2 atom stereocenters. The van der Waals surface area contributed by atoms with Gasteiger partial charge in [-0.1, -0.05) is 25.1 Å². The summed E-state index contributed by atoms with van der Waals surface area (Å²) in [5.41, 5.74) is 0. The van der Waals surface area contributed by atoms with E-state index in [1.807, 2.05) is 32.0 Å². The van der Waals surface area contributed by atoms with Crippen molar-refractivity contribution in [1.82, 2.24) is 10.6 Å². The van der Waals surface area contributed by atoms with Crippen LogP contribution < -0.4 is 10.6 Å². The molecule has 0 fully saturated rings. The molecule has 0 radical (unpaired) electrons. The average molecular weight is 372 g/mol. The van der Waals surface area contributed by atoms with Crippen molar-refractivity contribution < 1.29 is 8.42 Å². The number of thioether (sulfide) groups is 1. The van der Waals surface area contributed by atoms with E-state index < -0.39 is 9.84 Å². The van der Waals surface area contributed by atoms with Crippen LogP contribution in [-0.2, 0) is 9.84 Å². The van der Waals surface area contributed by atoms with Gasteiger partial charge in [0.1, 0.15) is 9.84 Å². The summed E-state index contributed by atoms with van der Waals surface area (Å²) in [5, 5.41) is 6.84. The Morgan fingerprint density at radius 1 is 1.25 bits per heavy atom. The highest BCUT2D eigenvalue weighted by Gasteiger charge is 2.10. The van der Waals surface area contributed by atoms with E-state index in [0.717, 1.165) is 12.5 Å². The number of guanidine groups is 1. The molecule has 0 amide bonds. The summed E-state index contributed by atoms with van der Waals surface area (Å²) in [4.78, 5) is 5.85. The number of rotatable bonds is 9. The zero-order valence-corrected chi connectivity index (χ0v) is 16.6. The molecule has 1 aromatic rings. The van der Waals surface area contributed by atoms with E-state index in [1.165, 1.54) is 11.2 Å². The Balaban J connectivity index is 2.51. The largest absolute Gasteiger partial charge is 0.357 e. The Kier molecular flexibility index (Phi) is 9.21. The fourth-order valence-electron chi connectivity index (χ4n) is 2.00. The van der Waals surface area contributed by atoms with Crippen molar-refractivity contribution in [3.63, 3.8) is 0 Å². The van der Waals surface area contributed by atoms with Crippen LogP contribution in [0, 0.1) is 0 Å². The zero-order chi connectivity index (χ0) is 18.0. The van der Waals surface area contributed by atoms with Gasteiger partial charge in [0, 0.05) is 29.0 Å².